The SMILES string of the molecule is COc1ccc(C(=O)Cn2cccc(Br)c2=O)cc1F. The summed E-state index contributed by atoms with van der Waals surface area (Å²) in [4.78, 5) is 23.8. The summed E-state index contributed by atoms with van der Waals surface area (Å²) in [6, 6.07) is 7.19. The number of rotatable bonds is 4. The minimum atomic E-state index is -0.611. The molecule has 1 heterocycles. The van der Waals surface area contributed by atoms with Crippen LogP contribution in [0.15, 0.2) is 45.8 Å². The van der Waals surface area contributed by atoms with Crippen LogP contribution >= 0.6 is 15.9 Å². The number of methoxy groups -OCH3 is 1. The van der Waals surface area contributed by atoms with Crippen LogP contribution in [0.25, 0.3) is 0 Å². The van der Waals surface area contributed by atoms with Crippen molar-refractivity contribution in [1.82, 2.24) is 4.57 Å². The van der Waals surface area contributed by atoms with Crippen molar-refractivity contribution in [2.24, 2.45) is 0 Å². The van der Waals surface area contributed by atoms with Gasteiger partial charge < -0.3 is 9.30 Å². The molecule has 4 nitrogen and oxygen atoms in total. The van der Waals surface area contributed by atoms with E-state index in [1.807, 2.05) is 0 Å². The number of ketones is 1. The molecule has 0 atom stereocenters. The molecule has 0 bridgehead atoms. The molecular formula is C14H11BrFNO3. The fourth-order valence-corrected chi connectivity index (χ4v) is 2.10. The molecular weight excluding hydrogens is 329 g/mol. The molecule has 6 heteroatoms. The second-order valence-electron chi connectivity index (χ2n) is 4.06. The van der Waals surface area contributed by atoms with Crippen LogP contribution in [0, 0.1) is 5.82 Å². The monoisotopic (exact) mass is 339 g/mol. The number of nitrogens with zero attached hydrogens (tertiary/aromatic N) is 1. The van der Waals surface area contributed by atoms with Gasteiger partial charge in [0.05, 0.1) is 18.1 Å². The maximum Gasteiger partial charge on any atom is 0.265 e. The largest absolute Gasteiger partial charge is 0.494 e. The summed E-state index contributed by atoms with van der Waals surface area (Å²) >= 11 is 3.10. The summed E-state index contributed by atoms with van der Waals surface area (Å²) in [5, 5.41) is 0. The predicted molar refractivity (Wildman–Crippen MR) is 75.7 cm³/mol. The van der Waals surface area contributed by atoms with Crippen LogP contribution in [-0.2, 0) is 6.54 Å². The third-order valence-electron chi connectivity index (χ3n) is 2.76. The minimum absolute atomic E-state index is 0.0705. The summed E-state index contributed by atoms with van der Waals surface area (Å²) in [7, 11) is 1.35. The standard InChI is InChI=1S/C14H11BrFNO3/c1-20-13-5-4-9(7-11(13)16)12(18)8-17-6-2-3-10(15)14(17)19/h2-7H,8H2,1H3. The van der Waals surface area contributed by atoms with E-state index in [0.717, 1.165) is 6.07 Å². The number of halogens is 2. The molecule has 1 aromatic heterocycles. The van der Waals surface area contributed by atoms with Gasteiger partial charge in [0.1, 0.15) is 0 Å². The van der Waals surface area contributed by atoms with Gasteiger partial charge in [-0.1, -0.05) is 0 Å². The first-order valence-corrected chi connectivity index (χ1v) is 6.54. The highest BCUT2D eigenvalue weighted by molar-refractivity contribution is 9.10. The van der Waals surface area contributed by atoms with Crippen molar-refractivity contribution in [2.75, 3.05) is 7.11 Å². The topological polar surface area (TPSA) is 48.3 Å². The Kier molecular flexibility index (Phi) is 4.34. The summed E-state index contributed by atoms with van der Waals surface area (Å²) < 4.78 is 20.0. The van der Waals surface area contributed by atoms with E-state index >= 15 is 0 Å². The number of Topliss-reactive ketones (excluding diaryl/α,β-unsaturated/α-hetero) is 1. The molecule has 0 aliphatic carbocycles. The van der Waals surface area contributed by atoms with Gasteiger partial charge in [-0.25, -0.2) is 4.39 Å². The molecule has 0 unspecified atom stereocenters. The molecule has 0 aliphatic rings. The normalized spacial score (nSPS) is 10.3. The van der Waals surface area contributed by atoms with Crippen molar-refractivity contribution in [3.63, 3.8) is 0 Å². The number of hydrogen-bond donors (Lipinski definition) is 0. The Hall–Kier alpha value is -1.95. The van der Waals surface area contributed by atoms with Crippen molar-refractivity contribution >= 4 is 21.7 Å². The second kappa shape index (κ2) is 6.00. The molecule has 2 aromatic rings. The highest BCUT2D eigenvalue weighted by Crippen LogP contribution is 2.18. The van der Waals surface area contributed by atoms with Crippen LogP contribution in [0.4, 0.5) is 4.39 Å². The van der Waals surface area contributed by atoms with E-state index in [4.69, 9.17) is 4.74 Å². The molecule has 2 rings (SSSR count). The summed E-state index contributed by atoms with van der Waals surface area (Å²) in [6.07, 6.45) is 1.50. The number of ether oxygens (including phenoxy) is 1. The van der Waals surface area contributed by atoms with Crippen molar-refractivity contribution < 1.29 is 13.9 Å². The van der Waals surface area contributed by atoms with Crippen LogP contribution in [-0.4, -0.2) is 17.5 Å². The van der Waals surface area contributed by atoms with Crippen LogP contribution < -0.4 is 10.3 Å². The summed E-state index contributed by atoms with van der Waals surface area (Å²) in [5.74, 6) is -0.895. The predicted octanol–water partition coefficient (Wildman–Crippen LogP) is 2.64. The Labute approximate surface area is 122 Å². The maximum absolute atomic E-state index is 13.5. The van der Waals surface area contributed by atoms with E-state index in [2.05, 4.69) is 15.9 Å². The molecule has 0 fully saturated rings. The second-order valence-corrected chi connectivity index (χ2v) is 4.92. The van der Waals surface area contributed by atoms with Gasteiger partial charge in [0, 0.05) is 11.8 Å². The van der Waals surface area contributed by atoms with Crippen LogP contribution in [0.5, 0.6) is 5.75 Å². The average Bonchev–Trinajstić information content (AvgIpc) is 2.43. The fourth-order valence-electron chi connectivity index (χ4n) is 1.72. The average molecular weight is 340 g/mol. The van der Waals surface area contributed by atoms with E-state index in [1.54, 1.807) is 12.1 Å². The lowest BCUT2D eigenvalue weighted by Gasteiger charge is -2.07. The van der Waals surface area contributed by atoms with Crippen molar-refractivity contribution in [3.05, 3.63) is 62.7 Å². The Balaban J connectivity index is 2.26. The first-order chi connectivity index (χ1) is 9.52. The lowest BCUT2D eigenvalue weighted by Crippen LogP contribution is -2.24. The lowest BCUT2D eigenvalue weighted by molar-refractivity contribution is 0.0970. The van der Waals surface area contributed by atoms with Crippen molar-refractivity contribution in [2.45, 2.75) is 6.54 Å². The number of carbonyl (C=O) groups excluding carboxylic acids is 1. The number of carbonyl (C=O) groups is 1. The molecule has 0 N–H and O–H groups in total. The first-order valence-electron chi connectivity index (χ1n) is 5.74. The fraction of sp³-hybridized carbons (Fsp3) is 0.143. The molecule has 0 amide bonds. The zero-order valence-electron chi connectivity index (χ0n) is 10.6. The van der Waals surface area contributed by atoms with Gasteiger partial charge in [-0.3, -0.25) is 9.59 Å². The number of pyridine rings is 1. The van der Waals surface area contributed by atoms with Crippen LogP contribution in [0.1, 0.15) is 10.4 Å². The quantitative estimate of drug-likeness (QED) is 0.804. The molecule has 104 valence electrons. The van der Waals surface area contributed by atoms with Crippen molar-refractivity contribution in [1.29, 1.82) is 0 Å². The smallest absolute Gasteiger partial charge is 0.265 e. The molecule has 0 radical (unpaired) electrons. The number of aromatic nitrogens is 1. The van der Waals surface area contributed by atoms with Crippen LogP contribution in [0.3, 0.4) is 0 Å². The van der Waals surface area contributed by atoms with Gasteiger partial charge in [-0.2, -0.15) is 0 Å². The Morgan fingerprint density at radius 2 is 2.15 bits per heavy atom. The van der Waals surface area contributed by atoms with Gasteiger partial charge in [-0.15, -0.1) is 0 Å². The van der Waals surface area contributed by atoms with E-state index < -0.39 is 5.82 Å². The summed E-state index contributed by atoms with van der Waals surface area (Å²) in [5.41, 5.74) is -0.120. The first kappa shape index (κ1) is 14.5. The molecule has 20 heavy (non-hydrogen) atoms. The highest BCUT2D eigenvalue weighted by atomic mass is 79.9. The molecule has 0 saturated heterocycles. The zero-order valence-corrected chi connectivity index (χ0v) is 12.2. The number of hydrogen-bond acceptors (Lipinski definition) is 3. The number of benzene rings is 1. The Morgan fingerprint density at radius 3 is 2.80 bits per heavy atom. The molecule has 1 aromatic carbocycles. The van der Waals surface area contributed by atoms with Crippen molar-refractivity contribution in [3.8, 4) is 5.75 Å². The third-order valence-corrected chi connectivity index (χ3v) is 3.36. The lowest BCUT2D eigenvalue weighted by atomic mass is 10.1. The zero-order chi connectivity index (χ0) is 14.7. The van der Waals surface area contributed by atoms with Gasteiger partial charge >= 0.3 is 0 Å². The van der Waals surface area contributed by atoms with Gasteiger partial charge in [-0.05, 0) is 46.3 Å². The molecule has 0 aliphatic heterocycles. The van der Waals surface area contributed by atoms with E-state index in [9.17, 15) is 14.0 Å². The summed E-state index contributed by atoms with van der Waals surface area (Å²) in [6.45, 7) is -0.149. The van der Waals surface area contributed by atoms with Crippen LogP contribution in [0.2, 0.25) is 0 Å². The molecule has 0 spiro atoms. The highest BCUT2D eigenvalue weighted by Gasteiger charge is 2.12. The van der Waals surface area contributed by atoms with Gasteiger partial charge in [0.25, 0.3) is 5.56 Å². The maximum atomic E-state index is 13.5. The van der Waals surface area contributed by atoms with Gasteiger partial charge in [0.15, 0.2) is 17.3 Å². The van der Waals surface area contributed by atoms with E-state index in [1.165, 1.54) is 30.0 Å². The molecule has 0 saturated carbocycles. The minimum Gasteiger partial charge on any atom is -0.494 e. The van der Waals surface area contributed by atoms with E-state index in [0.29, 0.717) is 4.47 Å². The Morgan fingerprint density at radius 1 is 1.40 bits per heavy atom. The Bertz CT molecular complexity index is 712. The van der Waals surface area contributed by atoms with Gasteiger partial charge in [0.2, 0.25) is 0 Å². The third kappa shape index (κ3) is 2.96. The van der Waals surface area contributed by atoms with E-state index in [-0.39, 0.29) is 29.2 Å².